The average molecular weight is 418 g/mol. The SMILES string of the molecule is CCSc1cc(C(F)(F)F)cnc1-c1nc2cc(-n3cnc(C)c3)ncc2n1C. The van der Waals surface area contributed by atoms with Gasteiger partial charge in [-0.3, -0.25) is 9.55 Å². The second kappa shape index (κ2) is 7.18. The maximum absolute atomic E-state index is 13.1. The van der Waals surface area contributed by atoms with Gasteiger partial charge in [0.2, 0.25) is 0 Å². The predicted molar refractivity (Wildman–Crippen MR) is 105 cm³/mol. The van der Waals surface area contributed by atoms with Crippen molar-refractivity contribution in [3.05, 3.63) is 48.3 Å². The molecule has 4 rings (SSSR count). The van der Waals surface area contributed by atoms with E-state index in [1.165, 1.54) is 11.8 Å². The normalized spacial score (nSPS) is 12.1. The number of pyridine rings is 2. The van der Waals surface area contributed by atoms with Gasteiger partial charge in [0.05, 0.1) is 28.5 Å². The third-order valence-corrected chi connectivity index (χ3v) is 5.33. The van der Waals surface area contributed by atoms with Gasteiger partial charge in [-0.05, 0) is 18.7 Å². The minimum atomic E-state index is -4.44. The second-order valence-electron chi connectivity index (χ2n) is 6.45. The van der Waals surface area contributed by atoms with E-state index in [4.69, 9.17) is 0 Å². The first kappa shape index (κ1) is 19.4. The molecule has 0 spiro atoms. The first-order chi connectivity index (χ1) is 13.8. The van der Waals surface area contributed by atoms with E-state index < -0.39 is 11.7 Å². The molecule has 0 bridgehead atoms. The molecule has 0 aliphatic rings. The number of nitrogens with zero attached hydrogens (tertiary/aromatic N) is 6. The molecule has 0 saturated carbocycles. The van der Waals surface area contributed by atoms with E-state index in [0.717, 1.165) is 23.5 Å². The summed E-state index contributed by atoms with van der Waals surface area (Å²) in [5.41, 5.74) is 1.95. The van der Waals surface area contributed by atoms with E-state index in [2.05, 4.69) is 19.9 Å². The van der Waals surface area contributed by atoms with E-state index in [1.807, 2.05) is 26.1 Å². The van der Waals surface area contributed by atoms with E-state index in [9.17, 15) is 13.2 Å². The lowest BCUT2D eigenvalue weighted by Gasteiger charge is -2.12. The fourth-order valence-electron chi connectivity index (χ4n) is 3.01. The summed E-state index contributed by atoms with van der Waals surface area (Å²) in [5, 5.41) is 0. The topological polar surface area (TPSA) is 61.4 Å². The number of halogens is 3. The number of hydrogen-bond acceptors (Lipinski definition) is 5. The van der Waals surface area contributed by atoms with Gasteiger partial charge in [0.25, 0.3) is 0 Å². The summed E-state index contributed by atoms with van der Waals surface area (Å²) in [6.45, 7) is 3.77. The van der Waals surface area contributed by atoms with E-state index >= 15 is 0 Å². The van der Waals surface area contributed by atoms with Crippen LogP contribution in [-0.2, 0) is 13.2 Å². The lowest BCUT2D eigenvalue weighted by atomic mass is 10.2. The van der Waals surface area contributed by atoms with Gasteiger partial charge < -0.3 is 4.57 Å². The third kappa shape index (κ3) is 3.59. The molecule has 0 unspecified atom stereocenters. The number of hydrogen-bond donors (Lipinski definition) is 0. The summed E-state index contributed by atoms with van der Waals surface area (Å²) in [4.78, 5) is 17.8. The van der Waals surface area contributed by atoms with Crippen molar-refractivity contribution >= 4 is 22.8 Å². The van der Waals surface area contributed by atoms with Crippen LogP contribution in [0, 0.1) is 6.92 Å². The molecule has 0 N–H and O–H groups in total. The molecule has 0 aliphatic carbocycles. The van der Waals surface area contributed by atoms with E-state index in [1.54, 1.807) is 28.7 Å². The zero-order valence-corrected chi connectivity index (χ0v) is 16.7. The number of rotatable bonds is 4. The Hall–Kier alpha value is -2.88. The average Bonchev–Trinajstić information content (AvgIpc) is 3.24. The highest BCUT2D eigenvalue weighted by molar-refractivity contribution is 7.99. The molecule has 0 fully saturated rings. The molecule has 150 valence electrons. The molecule has 0 aliphatic heterocycles. The quantitative estimate of drug-likeness (QED) is 0.451. The highest BCUT2D eigenvalue weighted by Crippen LogP contribution is 2.36. The summed E-state index contributed by atoms with van der Waals surface area (Å²) in [6.07, 6.45) is 1.62. The van der Waals surface area contributed by atoms with Gasteiger partial charge in [0, 0.05) is 30.4 Å². The number of aryl methyl sites for hydroxylation is 2. The molecule has 0 amide bonds. The first-order valence-electron chi connectivity index (χ1n) is 8.81. The Morgan fingerprint density at radius 3 is 2.55 bits per heavy atom. The smallest absolute Gasteiger partial charge is 0.325 e. The van der Waals surface area contributed by atoms with Crippen molar-refractivity contribution in [2.24, 2.45) is 7.05 Å². The van der Waals surface area contributed by atoms with Crippen LogP contribution in [0.3, 0.4) is 0 Å². The summed E-state index contributed by atoms with van der Waals surface area (Å²) in [6, 6.07) is 2.95. The molecule has 4 aromatic heterocycles. The van der Waals surface area contributed by atoms with Crippen LogP contribution >= 0.6 is 11.8 Å². The second-order valence-corrected chi connectivity index (χ2v) is 7.76. The molecule has 10 heteroatoms. The monoisotopic (exact) mass is 418 g/mol. The molecule has 0 aromatic carbocycles. The third-order valence-electron chi connectivity index (χ3n) is 4.42. The lowest BCUT2D eigenvalue weighted by Crippen LogP contribution is -2.07. The molecule has 0 atom stereocenters. The maximum atomic E-state index is 13.1. The van der Waals surface area contributed by atoms with Crippen LogP contribution in [0.5, 0.6) is 0 Å². The molecule has 6 nitrogen and oxygen atoms in total. The lowest BCUT2D eigenvalue weighted by molar-refractivity contribution is -0.138. The number of imidazole rings is 2. The Morgan fingerprint density at radius 1 is 1.10 bits per heavy atom. The van der Waals surface area contributed by atoms with Crippen molar-refractivity contribution in [3.8, 4) is 17.3 Å². The summed E-state index contributed by atoms with van der Waals surface area (Å²) >= 11 is 1.30. The minimum Gasteiger partial charge on any atom is -0.325 e. The molecule has 29 heavy (non-hydrogen) atoms. The molecule has 4 aromatic rings. The number of alkyl halides is 3. The summed E-state index contributed by atoms with van der Waals surface area (Å²) in [5.74, 6) is 1.77. The van der Waals surface area contributed by atoms with Crippen molar-refractivity contribution in [2.45, 2.75) is 24.9 Å². The van der Waals surface area contributed by atoms with Crippen LogP contribution in [0.25, 0.3) is 28.4 Å². The largest absolute Gasteiger partial charge is 0.417 e. The van der Waals surface area contributed by atoms with Crippen molar-refractivity contribution in [2.75, 3.05) is 5.75 Å². The highest BCUT2D eigenvalue weighted by atomic mass is 32.2. The Morgan fingerprint density at radius 2 is 1.90 bits per heavy atom. The molecule has 4 heterocycles. The predicted octanol–water partition coefficient (Wildman–Crippen LogP) is 4.66. The molecular formula is C19H17F3N6S. The van der Waals surface area contributed by atoms with Crippen LogP contribution in [0.4, 0.5) is 13.2 Å². The van der Waals surface area contributed by atoms with Gasteiger partial charge in [0.1, 0.15) is 17.8 Å². The van der Waals surface area contributed by atoms with Gasteiger partial charge in [0.15, 0.2) is 5.82 Å². The zero-order chi connectivity index (χ0) is 20.8. The Bertz CT molecular complexity index is 1190. The minimum absolute atomic E-state index is 0.420. The number of thioether (sulfide) groups is 1. The van der Waals surface area contributed by atoms with Crippen LogP contribution in [-0.4, -0.2) is 34.8 Å². The Labute approximate surface area is 168 Å². The zero-order valence-electron chi connectivity index (χ0n) is 15.9. The van der Waals surface area contributed by atoms with Gasteiger partial charge in [-0.2, -0.15) is 13.2 Å². The van der Waals surface area contributed by atoms with E-state index in [-0.39, 0.29) is 0 Å². The highest BCUT2D eigenvalue weighted by Gasteiger charge is 2.32. The van der Waals surface area contributed by atoms with Gasteiger partial charge >= 0.3 is 6.18 Å². The summed E-state index contributed by atoms with van der Waals surface area (Å²) < 4.78 is 42.9. The Kier molecular flexibility index (Phi) is 4.81. The van der Waals surface area contributed by atoms with Crippen LogP contribution in [0.15, 0.2) is 41.9 Å². The summed E-state index contributed by atoms with van der Waals surface area (Å²) in [7, 11) is 1.80. The van der Waals surface area contributed by atoms with Crippen molar-refractivity contribution in [1.29, 1.82) is 0 Å². The maximum Gasteiger partial charge on any atom is 0.417 e. The van der Waals surface area contributed by atoms with Crippen molar-refractivity contribution < 1.29 is 13.2 Å². The first-order valence-corrected chi connectivity index (χ1v) is 9.80. The fourth-order valence-corrected chi connectivity index (χ4v) is 3.81. The van der Waals surface area contributed by atoms with Crippen LogP contribution < -0.4 is 0 Å². The van der Waals surface area contributed by atoms with Crippen LogP contribution in [0.2, 0.25) is 0 Å². The van der Waals surface area contributed by atoms with Crippen molar-refractivity contribution in [1.82, 2.24) is 29.1 Å². The van der Waals surface area contributed by atoms with Gasteiger partial charge in [-0.25, -0.2) is 15.0 Å². The Balaban J connectivity index is 1.84. The fraction of sp³-hybridized carbons (Fsp3) is 0.263. The van der Waals surface area contributed by atoms with Crippen LogP contribution in [0.1, 0.15) is 18.2 Å². The number of fused-ring (bicyclic) bond motifs is 1. The van der Waals surface area contributed by atoms with Gasteiger partial charge in [-0.1, -0.05) is 6.92 Å². The van der Waals surface area contributed by atoms with Crippen molar-refractivity contribution in [3.63, 3.8) is 0 Å². The van der Waals surface area contributed by atoms with Gasteiger partial charge in [-0.15, -0.1) is 11.8 Å². The molecule has 0 saturated heterocycles. The molecular weight excluding hydrogens is 401 g/mol. The molecule has 0 radical (unpaired) electrons. The number of aromatic nitrogens is 6. The standard InChI is InChI=1S/C19H17F3N6S/c1-4-29-15-5-12(19(20,21)22)7-24-17(15)18-26-13-6-16(23-8-14(13)27(18)3)28-9-11(2)25-10-28/h5-10H,4H2,1-3H3. The van der Waals surface area contributed by atoms with E-state index in [0.29, 0.717) is 33.5 Å².